The number of ether oxygens (including phenoxy) is 3. The Morgan fingerprint density at radius 2 is 1.81 bits per heavy atom. The summed E-state index contributed by atoms with van der Waals surface area (Å²) >= 11 is 1.63. The highest BCUT2D eigenvalue weighted by molar-refractivity contribution is 7.15. The van der Waals surface area contributed by atoms with Gasteiger partial charge in [-0.2, -0.15) is 0 Å². The second-order valence-corrected chi connectivity index (χ2v) is 10.5. The maximum atomic E-state index is 13.8. The van der Waals surface area contributed by atoms with E-state index < -0.39 is 0 Å². The smallest absolute Gasteiger partial charge is 0.254 e. The van der Waals surface area contributed by atoms with Crippen LogP contribution in [-0.2, 0) is 6.54 Å². The van der Waals surface area contributed by atoms with Gasteiger partial charge in [0.15, 0.2) is 11.5 Å². The summed E-state index contributed by atoms with van der Waals surface area (Å²) in [6.45, 7) is 5.50. The molecular weight excluding hydrogens is 486 g/mol. The van der Waals surface area contributed by atoms with Crippen molar-refractivity contribution in [2.24, 2.45) is 0 Å². The Morgan fingerprint density at radius 3 is 2.46 bits per heavy atom. The van der Waals surface area contributed by atoms with E-state index in [4.69, 9.17) is 14.2 Å². The van der Waals surface area contributed by atoms with Gasteiger partial charge in [-0.1, -0.05) is 36.8 Å². The van der Waals surface area contributed by atoms with Crippen LogP contribution in [0, 0.1) is 0 Å². The molecule has 0 bridgehead atoms. The molecule has 0 aliphatic carbocycles. The minimum Gasteiger partial charge on any atom is -0.493 e. The number of benzene rings is 2. The monoisotopic (exact) mass is 523 g/mol. The van der Waals surface area contributed by atoms with E-state index >= 15 is 0 Å². The zero-order valence-corrected chi connectivity index (χ0v) is 23.1. The predicted molar refractivity (Wildman–Crippen MR) is 148 cm³/mol. The van der Waals surface area contributed by atoms with Crippen molar-refractivity contribution in [3.05, 3.63) is 59.2 Å². The molecule has 3 aromatic rings. The number of thiazole rings is 1. The molecule has 1 aliphatic heterocycles. The van der Waals surface area contributed by atoms with Gasteiger partial charge in [0.1, 0.15) is 5.01 Å². The fourth-order valence-corrected chi connectivity index (χ4v) is 5.82. The molecule has 2 aromatic carbocycles. The summed E-state index contributed by atoms with van der Waals surface area (Å²) in [6.07, 6.45) is 6.59. The number of nitrogens with zero attached hydrogens (tertiary/aromatic N) is 3. The molecule has 1 aromatic heterocycles. The van der Waals surface area contributed by atoms with Crippen LogP contribution in [0.4, 0.5) is 0 Å². The van der Waals surface area contributed by atoms with E-state index in [0.29, 0.717) is 41.9 Å². The van der Waals surface area contributed by atoms with Crippen molar-refractivity contribution >= 4 is 17.2 Å². The third kappa shape index (κ3) is 6.62. The summed E-state index contributed by atoms with van der Waals surface area (Å²) < 4.78 is 16.4. The number of likely N-dealkylation sites (tertiary alicyclic amines) is 1. The van der Waals surface area contributed by atoms with Crippen LogP contribution in [0.1, 0.15) is 48.0 Å². The van der Waals surface area contributed by atoms with Gasteiger partial charge < -0.3 is 24.0 Å². The zero-order chi connectivity index (χ0) is 26.2. The van der Waals surface area contributed by atoms with E-state index in [0.717, 1.165) is 35.0 Å². The van der Waals surface area contributed by atoms with Crippen LogP contribution in [-0.4, -0.2) is 67.7 Å². The first kappa shape index (κ1) is 26.9. The quantitative estimate of drug-likeness (QED) is 0.319. The van der Waals surface area contributed by atoms with E-state index in [-0.39, 0.29) is 5.91 Å². The molecule has 1 fully saturated rings. The fourth-order valence-electron chi connectivity index (χ4n) is 4.88. The average molecular weight is 524 g/mol. The normalized spacial score (nSPS) is 15.8. The van der Waals surface area contributed by atoms with E-state index in [1.807, 2.05) is 29.3 Å². The molecule has 7 nitrogen and oxygen atoms in total. The van der Waals surface area contributed by atoms with E-state index in [2.05, 4.69) is 28.9 Å². The van der Waals surface area contributed by atoms with Gasteiger partial charge in [0, 0.05) is 30.9 Å². The number of hydrogen-bond donors (Lipinski definition) is 0. The maximum absolute atomic E-state index is 13.8. The highest BCUT2D eigenvalue weighted by Crippen LogP contribution is 2.38. The number of aromatic nitrogens is 1. The molecule has 37 heavy (non-hydrogen) atoms. The van der Waals surface area contributed by atoms with Crippen molar-refractivity contribution in [1.82, 2.24) is 14.8 Å². The largest absolute Gasteiger partial charge is 0.493 e. The lowest BCUT2D eigenvalue weighted by molar-refractivity contribution is 0.0725. The fraction of sp³-hybridized carbons (Fsp3) is 0.448. The zero-order valence-electron chi connectivity index (χ0n) is 22.2. The first-order chi connectivity index (χ1) is 18.0. The van der Waals surface area contributed by atoms with Crippen molar-refractivity contribution < 1.29 is 19.0 Å². The molecule has 1 amide bonds. The molecule has 0 saturated carbocycles. The predicted octanol–water partition coefficient (Wildman–Crippen LogP) is 5.74. The Balaban J connectivity index is 1.56. The van der Waals surface area contributed by atoms with Crippen LogP contribution in [0.3, 0.4) is 0 Å². The van der Waals surface area contributed by atoms with Gasteiger partial charge >= 0.3 is 0 Å². The molecule has 4 rings (SSSR count). The van der Waals surface area contributed by atoms with Crippen LogP contribution < -0.4 is 14.2 Å². The van der Waals surface area contributed by atoms with Crippen molar-refractivity contribution in [3.8, 4) is 27.7 Å². The highest BCUT2D eigenvalue weighted by Gasteiger charge is 2.24. The van der Waals surface area contributed by atoms with Crippen molar-refractivity contribution in [1.29, 1.82) is 0 Å². The first-order valence-electron chi connectivity index (χ1n) is 12.9. The van der Waals surface area contributed by atoms with Gasteiger partial charge in [0.25, 0.3) is 5.91 Å². The van der Waals surface area contributed by atoms with Crippen LogP contribution >= 0.6 is 11.3 Å². The number of hydrogen-bond acceptors (Lipinski definition) is 7. The standard InChI is InChI=1S/C29H37N3O4S/c1-21-11-8-9-14-31(21)15-10-16-32(20-27-30-19-26(37-27)22-12-6-5-7-13-22)29(33)23-17-24(34-2)28(36-4)25(18-23)35-3/h5-7,12-13,17-19,21H,8-11,14-16,20H2,1-4H3. The minimum atomic E-state index is -0.0811. The van der Waals surface area contributed by atoms with E-state index in [9.17, 15) is 4.79 Å². The van der Waals surface area contributed by atoms with Gasteiger partial charge in [-0.05, 0) is 50.4 Å². The summed E-state index contributed by atoms with van der Waals surface area (Å²) in [6, 6.07) is 14.3. The molecule has 1 aliphatic rings. The molecule has 1 saturated heterocycles. The molecule has 0 spiro atoms. The van der Waals surface area contributed by atoms with Crippen molar-refractivity contribution in [2.45, 2.75) is 45.2 Å². The molecule has 0 N–H and O–H groups in total. The molecule has 8 heteroatoms. The van der Waals surface area contributed by atoms with Gasteiger partial charge in [-0.25, -0.2) is 4.98 Å². The lowest BCUT2D eigenvalue weighted by Crippen LogP contribution is -2.40. The maximum Gasteiger partial charge on any atom is 0.254 e. The Kier molecular flexibility index (Phi) is 9.41. The second-order valence-electron chi connectivity index (χ2n) is 9.36. The van der Waals surface area contributed by atoms with E-state index in [1.54, 1.807) is 44.8 Å². The van der Waals surface area contributed by atoms with Gasteiger partial charge in [0.2, 0.25) is 5.75 Å². The number of piperidine rings is 1. The first-order valence-corrected chi connectivity index (χ1v) is 13.7. The van der Waals surface area contributed by atoms with Crippen LogP contribution in [0.5, 0.6) is 17.2 Å². The number of carbonyl (C=O) groups excluding carboxylic acids is 1. The number of amides is 1. The van der Waals surface area contributed by atoms with Gasteiger partial charge in [-0.3, -0.25) is 4.79 Å². The highest BCUT2D eigenvalue weighted by atomic mass is 32.1. The Labute approximate surface area is 224 Å². The van der Waals surface area contributed by atoms with Gasteiger partial charge in [0.05, 0.1) is 32.8 Å². The number of carbonyl (C=O) groups is 1. The SMILES string of the molecule is COc1cc(C(=O)N(CCCN2CCCCC2C)Cc2ncc(-c3ccccc3)s2)cc(OC)c1OC. The number of rotatable bonds is 11. The lowest BCUT2D eigenvalue weighted by Gasteiger charge is -2.34. The third-order valence-electron chi connectivity index (χ3n) is 6.95. The minimum absolute atomic E-state index is 0.0811. The topological polar surface area (TPSA) is 64.1 Å². The summed E-state index contributed by atoms with van der Waals surface area (Å²) in [4.78, 5) is 24.0. The Morgan fingerprint density at radius 1 is 1.08 bits per heavy atom. The summed E-state index contributed by atoms with van der Waals surface area (Å²) in [7, 11) is 4.68. The van der Waals surface area contributed by atoms with Gasteiger partial charge in [-0.15, -0.1) is 11.3 Å². The number of methoxy groups -OCH3 is 3. The average Bonchev–Trinajstić information content (AvgIpc) is 3.41. The molecule has 1 atom stereocenters. The molecule has 0 radical (unpaired) electrons. The second kappa shape index (κ2) is 12.9. The van der Waals surface area contributed by atoms with Crippen molar-refractivity contribution in [3.63, 3.8) is 0 Å². The van der Waals surface area contributed by atoms with Crippen LogP contribution in [0.15, 0.2) is 48.7 Å². The molecule has 2 heterocycles. The van der Waals surface area contributed by atoms with Crippen molar-refractivity contribution in [2.75, 3.05) is 41.0 Å². The molecule has 1 unspecified atom stereocenters. The summed E-state index contributed by atoms with van der Waals surface area (Å²) in [5, 5.41) is 0.908. The van der Waals surface area contributed by atoms with Crippen LogP contribution in [0.25, 0.3) is 10.4 Å². The third-order valence-corrected chi connectivity index (χ3v) is 7.98. The van der Waals surface area contributed by atoms with Crippen LogP contribution in [0.2, 0.25) is 0 Å². The Hall–Kier alpha value is -3.10. The summed E-state index contributed by atoms with van der Waals surface area (Å²) in [5.74, 6) is 1.32. The Bertz CT molecular complexity index is 1140. The summed E-state index contributed by atoms with van der Waals surface area (Å²) in [5.41, 5.74) is 1.63. The molecular formula is C29H37N3O4S. The van der Waals surface area contributed by atoms with E-state index in [1.165, 1.54) is 19.3 Å². The molecule has 198 valence electrons. The lowest BCUT2D eigenvalue weighted by atomic mass is 10.0.